The van der Waals surface area contributed by atoms with Crippen LogP contribution in [-0.4, -0.2) is 5.11 Å². The molecule has 0 saturated heterocycles. The molecule has 2 aromatic carbocycles. The summed E-state index contributed by atoms with van der Waals surface area (Å²) in [7, 11) is 0. The van der Waals surface area contributed by atoms with E-state index < -0.39 is 11.9 Å². The largest absolute Gasteiger partial charge is 0.486 e. The Labute approximate surface area is 106 Å². The van der Waals surface area contributed by atoms with Crippen molar-refractivity contribution in [1.29, 1.82) is 0 Å². The monoisotopic (exact) mass is 246 g/mol. The molecule has 2 aromatic rings. The van der Waals surface area contributed by atoms with Crippen molar-refractivity contribution in [2.45, 2.75) is 19.6 Å². The number of aliphatic hydroxyl groups is 1. The van der Waals surface area contributed by atoms with Crippen molar-refractivity contribution in [3.8, 4) is 5.75 Å². The summed E-state index contributed by atoms with van der Waals surface area (Å²) in [6.07, 6.45) is -0.678. The number of benzene rings is 2. The van der Waals surface area contributed by atoms with Crippen molar-refractivity contribution < 1.29 is 14.2 Å². The van der Waals surface area contributed by atoms with Gasteiger partial charge in [-0.2, -0.15) is 0 Å². The number of aliphatic hydroxyl groups excluding tert-OH is 1. The van der Waals surface area contributed by atoms with Crippen LogP contribution in [0.4, 0.5) is 4.39 Å². The smallest absolute Gasteiger partial charge is 0.165 e. The first-order chi connectivity index (χ1) is 8.66. The normalized spacial score (nSPS) is 12.2. The third-order valence-electron chi connectivity index (χ3n) is 2.68. The fourth-order valence-electron chi connectivity index (χ4n) is 1.63. The van der Waals surface area contributed by atoms with Crippen LogP contribution in [0.5, 0.6) is 5.75 Å². The van der Waals surface area contributed by atoms with Crippen molar-refractivity contribution in [1.82, 2.24) is 0 Å². The molecule has 2 nitrogen and oxygen atoms in total. The lowest BCUT2D eigenvalue weighted by Crippen LogP contribution is -1.99. The van der Waals surface area contributed by atoms with E-state index >= 15 is 0 Å². The maximum Gasteiger partial charge on any atom is 0.165 e. The molecule has 0 aliphatic heterocycles. The van der Waals surface area contributed by atoms with E-state index in [2.05, 4.69) is 0 Å². The Morgan fingerprint density at radius 3 is 2.50 bits per heavy atom. The summed E-state index contributed by atoms with van der Waals surface area (Å²) in [6, 6.07) is 14.1. The molecule has 1 N–H and O–H groups in total. The van der Waals surface area contributed by atoms with Gasteiger partial charge in [0.25, 0.3) is 0 Å². The topological polar surface area (TPSA) is 29.5 Å². The molecule has 0 fully saturated rings. The van der Waals surface area contributed by atoms with Gasteiger partial charge in [-0.3, -0.25) is 0 Å². The molecule has 2 rings (SSSR count). The summed E-state index contributed by atoms with van der Waals surface area (Å²) in [5.41, 5.74) is 1.52. The van der Waals surface area contributed by atoms with Gasteiger partial charge in [0.05, 0.1) is 6.10 Å². The highest BCUT2D eigenvalue weighted by molar-refractivity contribution is 5.30. The highest BCUT2D eigenvalue weighted by Gasteiger charge is 2.07. The molecule has 0 bridgehead atoms. The lowest BCUT2D eigenvalue weighted by atomic mass is 10.1. The summed E-state index contributed by atoms with van der Waals surface area (Å²) in [6.45, 7) is 1.92. The summed E-state index contributed by atoms with van der Waals surface area (Å²) >= 11 is 0. The van der Waals surface area contributed by atoms with E-state index in [1.54, 1.807) is 19.1 Å². The zero-order valence-electron chi connectivity index (χ0n) is 10.1. The quantitative estimate of drug-likeness (QED) is 0.895. The molecule has 0 amide bonds. The number of ether oxygens (including phenoxy) is 1. The SMILES string of the molecule is C[C@@H](O)c1ccc(OCc2ccccc2)c(F)c1. The Bertz CT molecular complexity index is 509. The zero-order valence-corrected chi connectivity index (χ0v) is 10.1. The molecule has 0 aliphatic rings. The second kappa shape index (κ2) is 5.65. The van der Waals surface area contributed by atoms with E-state index in [0.717, 1.165) is 5.56 Å². The number of hydrogen-bond acceptors (Lipinski definition) is 2. The predicted octanol–water partition coefficient (Wildman–Crippen LogP) is 3.46. The highest BCUT2D eigenvalue weighted by Crippen LogP contribution is 2.22. The Morgan fingerprint density at radius 2 is 1.89 bits per heavy atom. The summed E-state index contributed by atoms with van der Waals surface area (Å²) in [5.74, 6) is -0.257. The minimum Gasteiger partial charge on any atom is -0.486 e. The predicted molar refractivity (Wildman–Crippen MR) is 67.8 cm³/mol. The van der Waals surface area contributed by atoms with Crippen LogP contribution in [0.3, 0.4) is 0 Å². The Balaban J connectivity index is 2.06. The first-order valence-corrected chi connectivity index (χ1v) is 5.81. The Morgan fingerprint density at radius 1 is 1.17 bits per heavy atom. The molecule has 0 spiro atoms. The van der Waals surface area contributed by atoms with Gasteiger partial charge < -0.3 is 9.84 Å². The Hall–Kier alpha value is -1.87. The summed E-state index contributed by atoms with van der Waals surface area (Å²) < 4.78 is 19.1. The molecule has 0 saturated carbocycles. The van der Waals surface area contributed by atoms with Crippen LogP contribution in [0.2, 0.25) is 0 Å². The first kappa shape index (κ1) is 12.6. The molecule has 18 heavy (non-hydrogen) atoms. The molecule has 0 heterocycles. The van der Waals surface area contributed by atoms with Gasteiger partial charge >= 0.3 is 0 Å². The van der Waals surface area contributed by atoms with Gasteiger partial charge in [0, 0.05) is 0 Å². The van der Waals surface area contributed by atoms with Crippen molar-refractivity contribution in [2.75, 3.05) is 0 Å². The first-order valence-electron chi connectivity index (χ1n) is 5.81. The molecule has 0 radical (unpaired) electrons. The minimum absolute atomic E-state index is 0.197. The van der Waals surface area contributed by atoms with Gasteiger partial charge in [0.2, 0.25) is 0 Å². The molecule has 3 heteroatoms. The molecular weight excluding hydrogens is 231 g/mol. The van der Waals surface area contributed by atoms with Gasteiger partial charge in [-0.1, -0.05) is 36.4 Å². The highest BCUT2D eigenvalue weighted by atomic mass is 19.1. The number of rotatable bonds is 4. The van der Waals surface area contributed by atoms with E-state index in [4.69, 9.17) is 4.74 Å². The minimum atomic E-state index is -0.678. The number of hydrogen-bond donors (Lipinski definition) is 1. The van der Waals surface area contributed by atoms with E-state index in [0.29, 0.717) is 12.2 Å². The fraction of sp³-hybridized carbons (Fsp3) is 0.200. The third-order valence-corrected chi connectivity index (χ3v) is 2.68. The van der Waals surface area contributed by atoms with Crippen LogP contribution < -0.4 is 4.74 Å². The second-order valence-corrected chi connectivity index (χ2v) is 4.14. The molecule has 94 valence electrons. The number of halogens is 1. The maximum atomic E-state index is 13.7. The van der Waals surface area contributed by atoms with Gasteiger partial charge in [-0.05, 0) is 30.2 Å². The van der Waals surface area contributed by atoms with Gasteiger partial charge in [-0.15, -0.1) is 0 Å². The van der Waals surface area contributed by atoms with Crippen LogP contribution in [0.25, 0.3) is 0 Å². The van der Waals surface area contributed by atoms with Gasteiger partial charge in [0.1, 0.15) is 6.61 Å². The van der Waals surface area contributed by atoms with E-state index in [1.165, 1.54) is 6.07 Å². The zero-order chi connectivity index (χ0) is 13.0. The molecule has 0 aliphatic carbocycles. The van der Waals surface area contributed by atoms with Crippen molar-refractivity contribution >= 4 is 0 Å². The van der Waals surface area contributed by atoms with Gasteiger partial charge in [-0.25, -0.2) is 4.39 Å². The van der Waals surface area contributed by atoms with Crippen LogP contribution >= 0.6 is 0 Å². The van der Waals surface area contributed by atoms with Crippen molar-refractivity contribution in [3.05, 3.63) is 65.5 Å². The third kappa shape index (κ3) is 3.08. The fourth-order valence-corrected chi connectivity index (χ4v) is 1.63. The molecule has 0 aromatic heterocycles. The van der Waals surface area contributed by atoms with E-state index in [9.17, 15) is 9.50 Å². The lowest BCUT2D eigenvalue weighted by Gasteiger charge is -2.10. The summed E-state index contributed by atoms with van der Waals surface area (Å²) in [5, 5.41) is 9.34. The molecule has 1 atom stereocenters. The van der Waals surface area contributed by atoms with Crippen LogP contribution in [0.15, 0.2) is 48.5 Å². The van der Waals surface area contributed by atoms with Gasteiger partial charge in [0.15, 0.2) is 11.6 Å². The van der Waals surface area contributed by atoms with E-state index in [-0.39, 0.29) is 5.75 Å². The molecular formula is C15H15FO2. The average molecular weight is 246 g/mol. The van der Waals surface area contributed by atoms with Crippen molar-refractivity contribution in [2.24, 2.45) is 0 Å². The standard InChI is InChI=1S/C15H15FO2/c1-11(17)13-7-8-15(14(16)9-13)18-10-12-5-3-2-4-6-12/h2-9,11,17H,10H2,1H3/t11-/m1/s1. The average Bonchev–Trinajstić information content (AvgIpc) is 2.38. The van der Waals surface area contributed by atoms with Crippen LogP contribution in [0.1, 0.15) is 24.2 Å². The van der Waals surface area contributed by atoms with Crippen molar-refractivity contribution in [3.63, 3.8) is 0 Å². The van der Waals surface area contributed by atoms with E-state index in [1.807, 2.05) is 30.3 Å². The maximum absolute atomic E-state index is 13.7. The molecule has 0 unspecified atom stereocenters. The van der Waals surface area contributed by atoms with Crippen LogP contribution in [0, 0.1) is 5.82 Å². The lowest BCUT2D eigenvalue weighted by molar-refractivity contribution is 0.198. The summed E-state index contributed by atoms with van der Waals surface area (Å²) in [4.78, 5) is 0. The second-order valence-electron chi connectivity index (χ2n) is 4.14. The Kier molecular flexibility index (Phi) is 3.95. The van der Waals surface area contributed by atoms with Crippen LogP contribution in [-0.2, 0) is 6.61 Å².